The van der Waals surface area contributed by atoms with Gasteiger partial charge in [0.05, 0.1) is 18.1 Å². The van der Waals surface area contributed by atoms with E-state index in [1.165, 1.54) is 26.0 Å². The quantitative estimate of drug-likeness (QED) is 0.315. The molecule has 0 saturated heterocycles. The first-order valence-corrected chi connectivity index (χ1v) is 11.7. The first-order chi connectivity index (χ1) is 16.2. The van der Waals surface area contributed by atoms with Crippen molar-refractivity contribution in [1.82, 2.24) is 0 Å². The van der Waals surface area contributed by atoms with E-state index in [1.54, 1.807) is 30.3 Å². The molecule has 0 spiro atoms. The summed E-state index contributed by atoms with van der Waals surface area (Å²) in [6.07, 6.45) is 0.586. The molecule has 0 N–H and O–H groups in total. The Morgan fingerprint density at radius 2 is 1.35 bits per heavy atom. The Bertz CT molecular complexity index is 1300. The van der Waals surface area contributed by atoms with Gasteiger partial charge in [-0.15, -0.1) is 0 Å². The van der Waals surface area contributed by atoms with E-state index in [4.69, 9.17) is 14.2 Å². The number of rotatable bonds is 8. The summed E-state index contributed by atoms with van der Waals surface area (Å²) in [5.74, 6) is -4.12. The number of esters is 2. The lowest BCUT2D eigenvalue weighted by molar-refractivity contribution is -0.142. The molecule has 0 atom stereocenters. The Morgan fingerprint density at radius 3 is 1.94 bits per heavy atom. The Morgan fingerprint density at radius 1 is 0.794 bits per heavy atom. The Kier molecular flexibility index (Phi) is 7.42. The van der Waals surface area contributed by atoms with Gasteiger partial charge < -0.3 is 14.2 Å². The molecule has 0 heterocycles. The maximum Gasteiger partial charge on any atom is 0.343 e. The zero-order chi connectivity index (χ0) is 24.9. The van der Waals surface area contributed by atoms with Crippen molar-refractivity contribution < 1.29 is 41.8 Å². The van der Waals surface area contributed by atoms with Crippen molar-refractivity contribution in [2.75, 3.05) is 13.2 Å². The molecule has 2 aromatic rings. The van der Waals surface area contributed by atoms with E-state index in [0.717, 1.165) is 12.1 Å². The van der Waals surface area contributed by atoms with Crippen LogP contribution in [0.4, 0.5) is 0 Å². The Labute approximate surface area is 195 Å². The van der Waals surface area contributed by atoms with E-state index in [2.05, 4.69) is 0 Å². The second-order valence-electron chi connectivity index (χ2n) is 6.79. The molecular formula is C24H20O9S. The van der Waals surface area contributed by atoms with Gasteiger partial charge in [0.15, 0.2) is 5.78 Å². The fraction of sp³-hybridized carbons (Fsp3) is 0.167. The van der Waals surface area contributed by atoms with Crippen LogP contribution in [0.5, 0.6) is 11.5 Å². The minimum absolute atomic E-state index is 0.114. The molecular weight excluding hydrogens is 464 g/mol. The Balaban J connectivity index is 2.06. The zero-order valence-electron chi connectivity index (χ0n) is 18.3. The van der Waals surface area contributed by atoms with Crippen LogP contribution < -0.4 is 4.74 Å². The Hall–Kier alpha value is -4.05. The summed E-state index contributed by atoms with van der Waals surface area (Å²) in [5, 5.41) is 0. The summed E-state index contributed by atoms with van der Waals surface area (Å²) in [6, 6.07) is 13.7. The average molecular weight is 484 g/mol. The van der Waals surface area contributed by atoms with Gasteiger partial charge >= 0.3 is 11.9 Å². The molecule has 9 nitrogen and oxygen atoms in total. The molecule has 3 rings (SSSR count). The maximum atomic E-state index is 13.4. The highest BCUT2D eigenvalue weighted by molar-refractivity contribution is 7.96. The van der Waals surface area contributed by atoms with Gasteiger partial charge in [0.2, 0.25) is 15.6 Å². The standard InChI is InChI=1S/C24H20O9S/c1-3-31-23(27)18-14-19(25)20(24(28)32-4-2)22(21(18)26)34(29,30)17-12-10-16(11-13-17)33-15-8-6-5-7-9-15/h5-14H,3-4H2,1-2H3. The second-order valence-corrected chi connectivity index (χ2v) is 8.67. The maximum absolute atomic E-state index is 13.4. The van der Waals surface area contributed by atoms with Crippen molar-refractivity contribution in [2.45, 2.75) is 18.7 Å². The first-order valence-electron chi connectivity index (χ1n) is 10.2. The van der Waals surface area contributed by atoms with E-state index < -0.39 is 54.3 Å². The van der Waals surface area contributed by atoms with Gasteiger partial charge in [-0.05, 0) is 50.2 Å². The number of carbonyl (C=O) groups is 4. The van der Waals surface area contributed by atoms with Gasteiger partial charge in [-0.1, -0.05) is 18.2 Å². The SMILES string of the molecule is CCOC(=O)C1=CC(=O)C(C(=O)OCC)=C(S(=O)(=O)c2ccc(Oc3ccccc3)cc2)C1=O. The van der Waals surface area contributed by atoms with E-state index in [1.807, 2.05) is 0 Å². The van der Waals surface area contributed by atoms with Gasteiger partial charge in [0.25, 0.3) is 0 Å². The van der Waals surface area contributed by atoms with Gasteiger partial charge in [0.1, 0.15) is 27.6 Å². The lowest BCUT2D eigenvalue weighted by Crippen LogP contribution is -2.32. The summed E-state index contributed by atoms with van der Waals surface area (Å²) in [7, 11) is -4.72. The van der Waals surface area contributed by atoms with Gasteiger partial charge in [-0.25, -0.2) is 18.0 Å². The minimum atomic E-state index is -4.72. The minimum Gasteiger partial charge on any atom is -0.462 e. The van der Waals surface area contributed by atoms with Crippen molar-refractivity contribution >= 4 is 33.3 Å². The predicted octanol–water partition coefficient (Wildman–Crippen LogP) is 2.71. The van der Waals surface area contributed by atoms with Crippen LogP contribution in [0.3, 0.4) is 0 Å². The lowest BCUT2D eigenvalue weighted by Gasteiger charge is -2.18. The third-order valence-corrected chi connectivity index (χ3v) is 6.38. The van der Waals surface area contributed by atoms with Crippen LogP contribution in [0.1, 0.15) is 13.8 Å². The molecule has 0 aliphatic heterocycles. The molecule has 176 valence electrons. The fourth-order valence-corrected chi connectivity index (χ4v) is 4.60. The summed E-state index contributed by atoms with van der Waals surface area (Å²) in [4.78, 5) is 48.7. The van der Waals surface area contributed by atoms with Crippen LogP contribution >= 0.6 is 0 Å². The number of ketones is 2. The van der Waals surface area contributed by atoms with Gasteiger partial charge in [-0.2, -0.15) is 0 Å². The normalized spacial score (nSPS) is 13.9. The summed E-state index contributed by atoms with van der Waals surface area (Å²) >= 11 is 0. The van der Waals surface area contributed by atoms with E-state index in [9.17, 15) is 27.6 Å². The summed E-state index contributed by atoms with van der Waals surface area (Å²) in [6.45, 7) is 2.64. The van der Waals surface area contributed by atoms with Crippen LogP contribution in [-0.4, -0.2) is 45.1 Å². The number of hydrogen-bond donors (Lipinski definition) is 0. The smallest absolute Gasteiger partial charge is 0.343 e. The summed E-state index contributed by atoms with van der Waals surface area (Å²) in [5.41, 5.74) is -1.76. The van der Waals surface area contributed by atoms with Crippen molar-refractivity contribution in [3.8, 4) is 11.5 Å². The molecule has 0 fully saturated rings. The lowest BCUT2D eigenvalue weighted by atomic mass is 9.96. The average Bonchev–Trinajstić information content (AvgIpc) is 2.81. The van der Waals surface area contributed by atoms with Crippen molar-refractivity contribution in [2.24, 2.45) is 0 Å². The third-order valence-electron chi connectivity index (χ3n) is 4.56. The van der Waals surface area contributed by atoms with Crippen molar-refractivity contribution in [3.63, 3.8) is 0 Å². The first kappa shape index (κ1) is 24.6. The van der Waals surface area contributed by atoms with Crippen LogP contribution in [-0.2, 0) is 38.5 Å². The zero-order valence-corrected chi connectivity index (χ0v) is 19.1. The summed E-state index contributed by atoms with van der Waals surface area (Å²) < 4.78 is 42.0. The van der Waals surface area contributed by atoms with E-state index in [0.29, 0.717) is 17.6 Å². The number of carbonyl (C=O) groups excluding carboxylic acids is 4. The molecule has 1 aliphatic rings. The number of benzene rings is 2. The van der Waals surface area contributed by atoms with E-state index in [-0.39, 0.29) is 13.2 Å². The molecule has 34 heavy (non-hydrogen) atoms. The van der Waals surface area contributed by atoms with E-state index >= 15 is 0 Å². The highest BCUT2D eigenvalue weighted by Gasteiger charge is 2.43. The topological polar surface area (TPSA) is 130 Å². The monoisotopic (exact) mass is 484 g/mol. The molecule has 0 saturated carbocycles. The number of hydrogen-bond acceptors (Lipinski definition) is 9. The highest BCUT2D eigenvalue weighted by Crippen LogP contribution is 2.32. The fourth-order valence-electron chi connectivity index (χ4n) is 3.06. The highest BCUT2D eigenvalue weighted by atomic mass is 32.2. The number of sulfone groups is 1. The predicted molar refractivity (Wildman–Crippen MR) is 119 cm³/mol. The molecule has 0 amide bonds. The molecule has 2 aromatic carbocycles. The van der Waals surface area contributed by atoms with Crippen molar-refractivity contribution in [3.05, 3.63) is 76.7 Å². The molecule has 10 heteroatoms. The number of Topliss-reactive ketones (excluding diaryl/α,β-unsaturated/α-hetero) is 1. The van der Waals surface area contributed by atoms with Crippen LogP contribution in [0.2, 0.25) is 0 Å². The molecule has 0 radical (unpaired) electrons. The van der Waals surface area contributed by atoms with Crippen LogP contribution in [0.25, 0.3) is 0 Å². The molecule has 0 unspecified atom stereocenters. The molecule has 0 aromatic heterocycles. The van der Waals surface area contributed by atoms with Crippen LogP contribution in [0.15, 0.2) is 81.6 Å². The third kappa shape index (κ3) is 4.96. The molecule has 1 aliphatic carbocycles. The number of para-hydroxylation sites is 1. The van der Waals surface area contributed by atoms with Crippen molar-refractivity contribution in [1.29, 1.82) is 0 Å². The van der Waals surface area contributed by atoms with Crippen LogP contribution in [0, 0.1) is 0 Å². The number of ether oxygens (including phenoxy) is 3. The van der Waals surface area contributed by atoms with Gasteiger partial charge in [0, 0.05) is 6.08 Å². The number of allylic oxidation sites excluding steroid dienone is 2. The second kappa shape index (κ2) is 10.3. The van der Waals surface area contributed by atoms with Gasteiger partial charge in [-0.3, -0.25) is 9.59 Å². The largest absolute Gasteiger partial charge is 0.462 e. The molecule has 0 bridgehead atoms.